The number of aromatic amines is 1. The second-order valence-corrected chi connectivity index (χ2v) is 6.86. The summed E-state index contributed by atoms with van der Waals surface area (Å²) in [5, 5.41) is 14.4. The summed E-state index contributed by atoms with van der Waals surface area (Å²) in [5.74, 6) is -0.0665. The van der Waals surface area contributed by atoms with Crippen molar-refractivity contribution in [2.45, 2.75) is 43.9 Å². The van der Waals surface area contributed by atoms with Crippen molar-refractivity contribution in [2.24, 2.45) is 11.1 Å². The highest BCUT2D eigenvalue weighted by Gasteiger charge is 2.35. The first-order valence-corrected chi connectivity index (χ1v) is 8.28. The molecule has 1 atom stereocenters. The number of aromatic nitrogens is 2. The summed E-state index contributed by atoms with van der Waals surface area (Å²) in [5.41, 5.74) is 0.332. The Hall–Kier alpha value is -1.41. The normalized spacial score (nSPS) is 16.9. The van der Waals surface area contributed by atoms with Crippen molar-refractivity contribution in [3.8, 4) is 0 Å². The van der Waals surface area contributed by atoms with Gasteiger partial charge in [-0.15, -0.1) is 0 Å². The van der Waals surface area contributed by atoms with Gasteiger partial charge < -0.3 is 5.32 Å². The fourth-order valence-corrected chi connectivity index (χ4v) is 2.86. The van der Waals surface area contributed by atoms with Crippen molar-refractivity contribution < 1.29 is 13.2 Å². The molecule has 0 spiro atoms. The van der Waals surface area contributed by atoms with Crippen molar-refractivity contribution in [3.63, 3.8) is 0 Å². The molecule has 0 aromatic carbocycles. The molecule has 0 bridgehead atoms. The van der Waals surface area contributed by atoms with Crippen LogP contribution in [0.1, 0.15) is 55.2 Å². The molecule has 2 rings (SSSR count). The number of rotatable bonds is 6. The van der Waals surface area contributed by atoms with E-state index in [2.05, 4.69) is 15.5 Å². The van der Waals surface area contributed by atoms with Crippen LogP contribution in [-0.2, 0) is 10.0 Å². The molecule has 1 aliphatic rings. The second kappa shape index (κ2) is 5.53. The van der Waals surface area contributed by atoms with E-state index in [0.29, 0.717) is 18.2 Å². The maximum absolute atomic E-state index is 12.1. The van der Waals surface area contributed by atoms with E-state index >= 15 is 0 Å². The number of nitrogens with two attached hydrogens (primary N) is 1. The van der Waals surface area contributed by atoms with Crippen LogP contribution in [0.25, 0.3) is 0 Å². The van der Waals surface area contributed by atoms with Crippen LogP contribution in [0.4, 0.5) is 0 Å². The monoisotopic (exact) mass is 300 g/mol. The number of amides is 1. The lowest BCUT2D eigenvalue weighted by molar-refractivity contribution is 0.0939. The van der Waals surface area contributed by atoms with Gasteiger partial charge in [0.05, 0.1) is 5.69 Å². The maximum Gasteiger partial charge on any atom is 0.273 e. The van der Waals surface area contributed by atoms with Crippen LogP contribution in [0.2, 0.25) is 0 Å². The molecule has 1 unspecified atom stereocenters. The lowest BCUT2D eigenvalue weighted by Crippen LogP contribution is -2.30. The van der Waals surface area contributed by atoms with E-state index in [0.717, 1.165) is 19.3 Å². The Kier molecular flexibility index (Phi) is 4.14. The highest BCUT2D eigenvalue weighted by Crippen LogP contribution is 2.42. The Morgan fingerprint density at radius 3 is 2.70 bits per heavy atom. The molecule has 112 valence electrons. The van der Waals surface area contributed by atoms with Crippen molar-refractivity contribution in [3.05, 3.63) is 11.4 Å². The molecular formula is C12H20N4O3S. The molecule has 1 heterocycles. The lowest BCUT2D eigenvalue weighted by atomic mass is 10.1. The van der Waals surface area contributed by atoms with Crippen molar-refractivity contribution in [2.75, 3.05) is 6.54 Å². The van der Waals surface area contributed by atoms with Gasteiger partial charge in [-0.2, -0.15) is 5.10 Å². The molecule has 0 aliphatic heterocycles. The van der Waals surface area contributed by atoms with Gasteiger partial charge in [-0.05, 0) is 18.8 Å². The first-order valence-electron chi connectivity index (χ1n) is 6.73. The molecule has 1 aromatic rings. The fourth-order valence-electron chi connectivity index (χ4n) is 1.93. The van der Waals surface area contributed by atoms with Crippen molar-refractivity contribution >= 4 is 15.9 Å². The van der Waals surface area contributed by atoms with Gasteiger partial charge in [0.2, 0.25) is 10.0 Å². The number of carbonyl (C=O) groups excluding carboxylic acids is 1. The number of sulfonamides is 1. The predicted molar refractivity (Wildman–Crippen MR) is 73.7 cm³/mol. The van der Waals surface area contributed by atoms with Crippen LogP contribution < -0.4 is 10.5 Å². The first-order chi connectivity index (χ1) is 9.34. The molecule has 8 heteroatoms. The van der Waals surface area contributed by atoms with Crippen LogP contribution in [-0.4, -0.2) is 31.1 Å². The summed E-state index contributed by atoms with van der Waals surface area (Å²) in [6.45, 7) is 4.50. The van der Waals surface area contributed by atoms with E-state index in [-0.39, 0.29) is 16.5 Å². The summed E-state index contributed by atoms with van der Waals surface area (Å²) < 4.78 is 23.4. The quantitative estimate of drug-likeness (QED) is 0.717. The average Bonchev–Trinajstić information content (AvgIpc) is 3.12. The minimum atomic E-state index is -3.97. The number of carbonyl (C=O) groups is 1. The SMILES string of the molecule is CCC(C)CNC(=O)c1n[nH]c(C2CC2)c1S(N)(=O)=O. The molecule has 7 nitrogen and oxygen atoms in total. The third-order valence-corrected chi connectivity index (χ3v) is 4.52. The molecular weight excluding hydrogens is 280 g/mol. The number of H-pyrrole nitrogens is 1. The molecule has 0 saturated heterocycles. The molecule has 1 amide bonds. The van der Waals surface area contributed by atoms with Gasteiger partial charge in [-0.1, -0.05) is 20.3 Å². The van der Waals surface area contributed by atoms with Crippen LogP contribution in [0, 0.1) is 5.92 Å². The molecule has 20 heavy (non-hydrogen) atoms. The van der Waals surface area contributed by atoms with Gasteiger partial charge in [-0.25, -0.2) is 13.6 Å². The minimum Gasteiger partial charge on any atom is -0.350 e. The smallest absolute Gasteiger partial charge is 0.273 e. The number of hydrogen-bond acceptors (Lipinski definition) is 4. The molecule has 1 aliphatic carbocycles. The summed E-state index contributed by atoms with van der Waals surface area (Å²) in [6, 6.07) is 0. The standard InChI is InChI=1S/C12H20N4O3S/c1-3-7(2)6-14-12(17)10-11(20(13,18)19)9(15-16-10)8-4-5-8/h7-8H,3-6H2,1-2H3,(H,14,17)(H,15,16)(H2,13,18,19). The Morgan fingerprint density at radius 2 is 2.20 bits per heavy atom. The Labute approximate surface area is 118 Å². The van der Waals surface area contributed by atoms with Crippen molar-refractivity contribution in [1.82, 2.24) is 15.5 Å². The van der Waals surface area contributed by atoms with Gasteiger partial charge >= 0.3 is 0 Å². The lowest BCUT2D eigenvalue weighted by Gasteiger charge is -2.09. The van der Waals surface area contributed by atoms with Gasteiger partial charge in [0.15, 0.2) is 5.69 Å². The molecule has 4 N–H and O–H groups in total. The van der Waals surface area contributed by atoms with Crippen LogP contribution in [0.15, 0.2) is 4.90 Å². The third-order valence-electron chi connectivity index (χ3n) is 3.54. The fraction of sp³-hybridized carbons (Fsp3) is 0.667. The molecule has 0 radical (unpaired) electrons. The minimum absolute atomic E-state index is 0.118. The molecule has 1 saturated carbocycles. The number of primary sulfonamides is 1. The van der Waals surface area contributed by atoms with E-state index in [1.165, 1.54) is 0 Å². The van der Waals surface area contributed by atoms with E-state index in [1.807, 2.05) is 13.8 Å². The zero-order valence-electron chi connectivity index (χ0n) is 11.6. The summed E-state index contributed by atoms with van der Waals surface area (Å²) >= 11 is 0. The zero-order valence-corrected chi connectivity index (χ0v) is 12.5. The van der Waals surface area contributed by atoms with Gasteiger partial charge in [0.25, 0.3) is 5.91 Å². The van der Waals surface area contributed by atoms with E-state index in [4.69, 9.17) is 5.14 Å². The van der Waals surface area contributed by atoms with Gasteiger partial charge in [0, 0.05) is 12.5 Å². The van der Waals surface area contributed by atoms with Crippen LogP contribution in [0.3, 0.4) is 0 Å². The second-order valence-electron chi connectivity index (χ2n) is 5.36. The maximum atomic E-state index is 12.1. The summed E-state index contributed by atoms with van der Waals surface area (Å²) in [4.78, 5) is 11.9. The van der Waals surface area contributed by atoms with Gasteiger partial charge in [0.1, 0.15) is 4.90 Å². The zero-order chi connectivity index (χ0) is 14.9. The Morgan fingerprint density at radius 1 is 1.55 bits per heavy atom. The van der Waals surface area contributed by atoms with E-state index in [1.54, 1.807) is 0 Å². The Balaban J connectivity index is 2.25. The van der Waals surface area contributed by atoms with E-state index < -0.39 is 15.9 Å². The predicted octanol–water partition coefficient (Wildman–Crippen LogP) is 0.710. The Bertz CT molecular complexity index is 604. The van der Waals surface area contributed by atoms with E-state index in [9.17, 15) is 13.2 Å². The largest absolute Gasteiger partial charge is 0.350 e. The van der Waals surface area contributed by atoms with Crippen LogP contribution in [0.5, 0.6) is 0 Å². The summed E-state index contributed by atoms with van der Waals surface area (Å²) in [6.07, 6.45) is 2.70. The highest BCUT2D eigenvalue weighted by molar-refractivity contribution is 7.89. The van der Waals surface area contributed by atoms with Gasteiger partial charge in [-0.3, -0.25) is 9.89 Å². The van der Waals surface area contributed by atoms with Crippen LogP contribution >= 0.6 is 0 Å². The topological polar surface area (TPSA) is 118 Å². The molecule has 1 fully saturated rings. The van der Waals surface area contributed by atoms with Crippen molar-refractivity contribution in [1.29, 1.82) is 0 Å². The summed E-state index contributed by atoms with van der Waals surface area (Å²) in [7, 11) is -3.97. The first kappa shape index (κ1) is 15.0. The number of nitrogens with zero attached hydrogens (tertiary/aromatic N) is 1. The number of hydrogen-bond donors (Lipinski definition) is 3. The average molecular weight is 300 g/mol. The molecule has 1 aromatic heterocycles. The highest BCUT2D eigenvalue weighted by atomic mass is 32.2. The number of nitrogens with one attached hydrogen (secondary N) is 2. The third kappa shape index (κ3) is 3.18.